The first-order chi connectivity index (χ1) is 15.3. The molecular formula is C22H25N3O4S3. The third-order valence-corrected chi connectivity index (χ3v) is 9.32. The van der Waals surface area contributed by atoms with Gasteiger partial charge in [0.25, 0.3) is 0 Å². The van der Waals surface area contributed by atoms with Gasteiger partial charge >= 0.3 is 4.87 Å². The first-order valence-electron chi connectivity index (χ1n) is 10.4. The van der Waals surface area contributed by atoms with E-state index in [1.165, 1.54) is 4.31 Å². The van der Waals surface area contributed by atoms with Crippen LogP contribution in [-0.4, -0.2) is 42.5 Å². The van der Waals surface area contributed by atoms with Gasteiger partial charge in [0, 0.05) is 36.1 Å². The van der Waals surface area contributed by atoms with Crippen LogP contribution in [0.4, 0.5) is 5.69 Å². The van der Waals surface area contributed by atoms with Gasteiger partial charge in [-0.1, -0.05) is 17.4 Å². The number of rotatable bonds is 6. The minimum atomic E-state index is -3.69. The van der Waals surface area contributed by atoms with E-state index < -0.39 is 10.0 Å². The summed E-state index contributed by atoms with van der Waals surface area (Å²) in [5.41, 5.74) is 1.51. The molecule has 3 aromatic rings. The van der Waals surface area contributed by atoms with Crippen LogP contribution < -0.4 is 10.2 Å². The van der Waals surface area contributed by atoms with Crippen LogP contribution in [0.15, 0.2) is 57.1 Å². The molecule has 7 nitrogen and oxygen atoms in total. The number of benzene rings is 2. The maximum absolute atomic E-state index is 13.2. The van der Waals surface area contributed by atoms with Gasteiger partial charge in [-0.05, 0) is 62.4 Å². The molecule has 0 spiro atoms. The summed E-state index contributed by atoms with van der Waals surface area (Å²) < 4.78 is 30.1. The fourth-order valence-corrected chi connectivity index (χ4v) is 6.98. The van der Waals surface area contributed by atoms with Crippen molar-refractivity contribution < 1.29 is 13.2 Å². The third kappa shape index (κ3) is 4.50. The van der Waals surface area contributed by atoms with Crippen LogP contribution in [0.25, 0.3) is 10.2 Å². The highest BCUT2D eigenvalue weighted by Crippen LogP contribution is 2.28. The molecule has 1 fully saturated rings. The first kappa shape index (κ1) is 23.0. The Morgan fingerprint density at radius 3 is 2.62 bits per heavy atom. The molecule has 0 radical (unpaired) electrons. The molecular weight excluding hydrogens is 466 g/mol. The highest BCUT2D eigenvalue weighted by molar-refractivity contribution is 7.98. The van der Waals surface area contributed by atoms with Crippen molar-refractivity contribution in [2.75, 3.05) is 24.7 Å². The van der Waals surface area contributed by atoms with E-state index in [1.807, 2.05) is 37.4 Å². The predicted octanol–water partition coefficient (Wildman–Crippen LogP) is 3.84. The van der Waals surface area contributed by atoms with Crippen LogP contribution in [0.5, 0.6) is 0 Å². The fourth-order valence-electron chi connectivity index (χ4n) is 3.96. The number of carbonyl (C=O) groups excluding carboxylic acids is 1. The van der Waals surface area contributed by atoms with Gasteiger partial charge in [0.1, 0.15) is 0 Å². The molecule has 1 aliphatic rings. The van der Waals surface area contributed by atoms with Gasteiger partial charge in [0.2, 0.25) is 15.9 Å². The number of sulfonamides is 1. The molecule has 1 saturated heterocycles. The highest BCUT2D eigenvalue weighted by atomic mass is 32.2. The largest absolute Gasteiger partial charge is 0.326 e. The molecule has 1 aromatic heterocycles. The number of fused-ring (bicyclic) bond motifs is 1. The Labute approximate surface area is 195 Å². The second-order valence-electron chi connectivity index (χ2n) is 7.64. The zero-order valence-corrected chi connectivity index (χ0v) is 20.4. The van der Waals surface area contributed by atoms with Crippen molar-refractivity contribution in [3.8, 4) is 0 Å². The summed E-state index contributed by atoms with van der Waals surface area (Å²) in [4.78, 5) is 25.9. The summed E-state index contributed by atoms with van der Waals surface area (Å²) >= 11 is 2.67. The lowest BCUT2D eigenvalue weighted by Gasteiger charge is -2.30. The van der Waals surface area contributed by atoms with Gasteiger partial charge in [-0.2, -0.15) is 4.31 Å². The number of anilines is 1. The normalized spacial score (nSPS) is 15.8. The highest BCUT2D eigenvalue weighted by Gasteiger charge is 2.32. The number of carbonyl (C=O) groups is 1. The number of nitrogens with zero attached hydrogens (tertiary/aromatic N) is 2. The van der Waals surface area contributed by atoms with Crippen LogP contribution >= 0.6 is 23.1 Å². The third-order valence-electron chi connectivity index (χ3n) is 5.76. The van der Waals surface area contributed by atoms with Gasteiger partial charge in [-0.3, -0.25) is 14.2 Å². The number of piperidine rings is 1. The smallest absolute Gasteiger partial charge is 0.308 e. The number of amides is 1. The van der Waals surface area contributed by atoms with Crippen LogP contribution in [0.3, 0.4) is 0 Å². The maximum Gasteiger partial charge on any atom is 0.308 e. The molecule has 1 amide bonds. The van der Waals surface area contributed by atoms with Crippen LogP contribution in [0, 0.1) is 5.92 Å². The molecule has 1 aliphatic heterocycles. The number of hydrogen-bond acceptors (Lipinski definition) is 6. The second-order valence-corrected chi connectivity index (χ2v) is 11.5. The Hall–Kier alpha value is -2.14. The van der Waals surface area contributed by atoms with E-state index in [9.17, 15) is 18.0 Å². The molecule has 0 unspecified atom stereocenters. The number of hydrogen-bond donors (Lipinski definition) is 1. The van der Waals surface area contributed by atoms with Crippen molar-refractivity contribution in [3.63, 3.8) is 0 Å². The SMILES string of the molecule is CCn1c(=O)sc2cc(S(=O)(=O)N3CCC(C(=O)Nc4cccc(SC)c4)CC3)ccc21. The van der Waals surface area contributed by atoms with E-state index in [0.717, 1.165) is 27.4 Å². The molecule has 0 bridgehead atoms. The molecule has 32 heavy (non-hydrogen) atoms. The number of aryl methyl sites for hydroxylation is 1. The van der Waals surface area contributed by atoms with Crippen molar-refractivity contribution in [1.82, 2.24) is 8.87 Å². The lowest BCUT2D eigenvalue weighted by Crippen LogP contribution is -2.41. The molecule has 4 rings (SSSR count). The molecule has 10 heteroatoms. The Bertz CT molecular complexity index is 1310. The second kappa shape index (κ2) is 9.38. The standard InChI is InChI=1S/C22H25N3O4S3/c1-3-25-19-8-7-18(14-20(19)31-22(25)27)32(28,29)24-11-9-15(10-12-24)21(26)23-16-5-4-6-17(13-16)30-2/h4-8,13-15H,3,9-12H2,1-2H3,(H,23,26). The van der Waals surface area contributed by atoms with Gasteiger partial charge in [-0.25, -0.2) is 8.42 Å². The average Bonchev–Trinajstić information content (AvgIpc) is 3.13. The average molecular weight is 492 g/mol. The monoisotopic (exact) mass is 491 g/mol. The molecule has 0 aliphatic carbocycles. The number of thiazole rings is 1. The molecule has 170 valence electrons. The molecule has 2 aromatic carbocycles. The molecule has 1 N–H and O–H groups in total. The Morgan fingerprint density at radius 2 is 1.94 bits per heavy atom. The van der Waals surface area contributed by atoms with Crippen molar-refractivity contribution in [1.29, 1.82) is 0 Å². The van der Waals surface area contributed by atoms with E-state index in [1.54, 1.807) is 34.5 Å². The molecule has 0 atom stereocenters. The number of aromatic nitrogens is 1. The number of thioether (sulfide) groups is 1. The summed E-state index contributed by atoms with van der Waals surface area (Å²) in [5.74, 6) is -0.307. The van der Waals surface area contributed by atoms with Crippen molar-refractivity contribution >= 4 is 54.9 Å². The maximum atomic E-state index is 13.2. The van der Waals surface area contributed by atoms with Crippen molar-refractivity contribution in [2.24, 2.45) is 5.92 Å². The van der Waals surface area contributed by atoms with Crippen molar-refractivity contribution in [3.05, 3.63) is 52.1 Å². The predicted molar refractivity (Wildman–Crippen MR) is 130 cm³/mol. The minimum absolute atomic E-state index is 0.0765. The van der Waals surface area contributed by atoms with Gasteiger partial charge in [0.05, 0.1) is 15.1 Å². The number of nitrogens with one attached hydrogen (secondary N) is 1. The summed E-state index contributed by atoms with van der Waals surface area (Å²) in [6.45, 7) is 3.01. The minimum Gasteiger partial charge on any atom is -0.326 e. The zero-order valence-electron chi connectivity index (χ0n) is 17.9. The van der Waals surface area contributed by atoms with Gasteiger partial charge in [0.15, 0.2) is 0 Å². The van der Waals surface area contributed by atoms with E-state index in [0.29, 0.717) is 24.1 Å². The molecule has 2 heterocycles. The van der Waals surface area contributed by atoms with Gasteiger partial charge in [-0.15, -0.1) is 11.8 Å². The lowest BCUT2D eigenvalue weighted by atomic mass is 9.97. The fraction of sp³-hybridized carbons (Fsp3) is 0.364. The zero-order chi connectivity index (χ0) is 22.9. The summed E-state index contributed by atoms with van der Waals surface area (Å²) in [7, 11) is -3.69. The Kier molecular flexibility index (Phi) is 6.75. The van der Waals surface area contributed by atoms with E-state index in [-0.39, 0.29) is 34.7 Å². The Balaban J connectivity index is 1.44. The molecule has 0 saturated carbocycles. The van der Waals surface area contributed by atoms with Crippen LogP contribution in [0.1, 0.15) is 19.8 Å². The summed E-state index contributed by atoms with van der Waals surface area (Å²) in [6, 6.07) is 12.5. The topological polar surface area (TPSA) is 88.5 Å². The van der Waals surface area contributed by atoms with Gasteiger partial charge < -0.3 is 5.32 Å². The van der Waals surface area contributed by atoms with E-state index >= 15 is 0 Å². The lowest BCUT2D eigenvalue weighted by molar-refractivity contribution is -0.120. The van der Waals surface area contributed by atoms with Crippen LogP contribution in [0.2, 0.25) is 0 Å². The van der Waals surface area contributed by atoms with E-state index in [2.05, 4.69) is 5.32 Å². The summed E-state index contributed by atoms with van der Waals surface area (Å²) in [6.07, 6.45) is 2.92. The van der Waals surface area contributed by atoms with Crippen LogP contribution in [-0.2, 0) is 21.4 Å². The Morgan fingerprint density at radius 1 is 1.19 bits per heavy atom. The van der Waals surface area contributed by atoms with E-state index in [4.69, 9.17) is 0 Å². The first-order valence-corrected chi connectivity index (χ1v) is 13.9. The summed E-state index contributed by atoms with van der Waals surface area (Å²) in [5, 5.41) is 2.95. The van der Waals surface area contributed by atoms with Crippen molar-refractivity contribution in [2.45, 2.75) is 36.1 Å². The quantitative estimate of drug-likeness (QED) is 0.529.